The van der Waals surface area contributed by atoms with Crippen molar-refractivity contribution in [1.29, 1.82) is 0 Å². The van der Waals surface area contributed by atoms with Crippen LogP contribution in [0.2, 0.25) is 0 Å². The topological polar surface area (TPSA) is 91.6 Å². The first kappa shape index (κ1) is 24.4. The van der Waals surface area contributed by atoms with Crippen LogP contribution in [0.4, 0.5) is 24.9 Å². The largest absolute Gasteiger partial charge is 0.416 e. The van der Waals surface area contributed by atoms with Crippen LogP contribution in [-0.2, 0) is 10.9 Å². The van der Waals surface area contributed by atoms with Gasteiger partial charge in [-0.25, -0.2) is 4.68 Å². The molecule has 3 fully saturated rings. The molecular weight excluding hydrogens is 487 g/mol. The van der Waals surface area contributed by atoms with Gasteiger partial charge in [0.15, 0.2) is 5.65 Å². The lowest BCUT2D eigenvalue weighted by Crippen LogP contribution is -2.62. The van der Waals surface area contributed by atoms with Crippen molar-refractivity contribution in [2.45, 2.75) is 44.6 Å². The van der Waals surface area contributed by atoms with E-state index in [-0.39, 0.29) is 17.1 Å². The molecule has 1 aliphatic carbocycles. The van der Waals surface area contributed by atoms with Crippen molar-refractivity contribution in [3.05, 3.63) is 36.0 Å². The van der Waals surface area contributed by atoms with Crippen LogP contribution >= 0.6 is 0 Å². The number of benzene rings is 1. The number of aliphatic hydroxyl groups excluding tert-OH is 1. The highest BCUT2D eigenvalue weighted by Gasteiger charge is 2.48. The third-order valence-electron chi connectivity index (χ3n) is 8.07. The van der Waals surface area contributed by atoms with Gasteiger partial charge in [0.1, 0.15) is 5.82 Å². The first-order valence-electron chi connectivity index (χ1n) is 12.6. The highest BCUT2D eigenvalue weighted by atomic mass is 19.4. The molecule has 6 rings (SSSR count). The van der Waals surface area contributed by atoms with E-state index in [2.05, 4.69) is 25.2 Å². The smallest absolute Gasteiger partial charge is 0.392 e. The molecule has 4 heterocycles. The van der Waals surface area contributed by atoms with Gasteiger partial charge in [-0.3, -0.25) is 4.90 Å². The van der Waals surface area contributed by atoms with Crippen LogP contribution < -0.4 is 10.2 Å². The van der Waals surface area contributed by atoms with Gasteiger partial charge in [0.05, 0.1) is 42.2 Å². The number of nitrogens with one attached hydrogen (secondary N) is 1. The highest BCUT2D eigenvalue weighted by molar-refractivity contribution is 5.89. The van der Waals surface area contributed by atoms with Gasteiger partial charge in [0, 0.05) is 43.7 Å². The Morgan fingerprint density at radius 1 is 1.14 bits per heavy atom. The molecule has 3 aromatic rings. The third-order valence-corrected chi connectivity index (χ3v) is 8.07. The molecule has 0 radical (unpaired) electrons. The summed E-state index contributed by atoms with van der Waals surface area (Å²) in [5, 5.41) is 18.6. The molecule has 3 aliphatic rings. The Hall–Kier alpha value is -2.96. The highest BCUT2D eigenvalue weighted by Crippen LogP contribution is 2.42. The Labute approximate surface area is 212 Å². The van der Waals surface area contributed by atoms with Crippen molar-refractivity contribution in [3.8, 4) is 5.69 Å². The number of nitrogens with zero attached hydrogens (tertiary/aromatic N) is 6. The van der Waals surface area contributed by atoms with E-state index in [0.717, 1.165) is 51.5 Å². The van der Waals surface area contributed by atoms with Gasteiger partial charge in [0.2, 0.25) is 5.95 Å². The number of aromatic nitrogens is 4. The molecule has 2 N–H and O–H groups in total. The molecule has 0 spiro atoms. The Morgan fingerprint density at radius 3 is 2.57 bits per heavy atom. The second kappa shape index (κ2) is 8.81. The van der Waals surface area contributed by atoms with Gasteiger partial charge < -0.3 is 20.1 Å². The monoisotopic (exact) mass is 517 g/mol. The van der Waals surface area contributed by atoms with Gasteiger partial charge >= 0.3 is 6.18 Å². The molecule has 2 saturated heterocycles. The van der Waals surface area contributed by atoms with E-state index in [0.29, 0.717) is 35.3 Å². The van der Waals surface area contributed by atoms with E-state index in [1.54, 1.807) is 12.3 Å². The van der Waals surface area contributed by atoms with Crippen molar-refractivity contribution < 1.29 is 23.0 Å². The summed E-state index contributed by atoms with van der Waals surface area (Å²) < 4.78 is 47.1. The zero-order chi connectivity index (χ0) is 25.9. The average molecular weight is 518 g/mol. The van der Waals surface area contributed by atoms with Crippen LogP contribution in [0.25, 0.3) is 16.7 Å². The maximum Gasteiger partial charge on any atom is 0.416 e. The second-order valence-corrected chi connectivity index (χ2v) is 10.7. The minimum Gasteiger partial charge on any atom is -0.392 e. The van der Waals surface area contributed by atoms with Gasteiger partial charge in [0.25, 0.3) is 0 Å². The minimum atomic E-state index is -4.46. The van der Waals surface area contributed by atoms with E-state index < -0.39 is 17.8 Å². The predicted molar refractivity (Wildman–Crippen MR) is 132 cm³/mol. The minimum absolute atomic E-state index is 0.0322. The van der Waals surface area contributed by atoms with Crippen molar-refractivity contribution in [2.24, 2.45) is 5.41 Å². The summed E-state index contributed by atoms with van der Waals surface area (Å²) in [6, 6.07) is 5.43. The molecule has 0 amide bonds. The van der Waals surface area contributed by atoms with E-state index >= 15 is 0 Å². The summed E-state index contributed by atoms with van der Waals surface area (Å²) in [5.74, 6) is 1.07. The van der Waals surface area contributed by atoms with Gasteiger partial charge in [-0.15, -0.1) is 0 Å². The normalized spacial score (nSPS) is 24.6. The Bertz CT molecular complexity index is 1300. The Balaban J connectivity index is 1.36. The lowest BCUT2D eigenvalue weighted by Gasteiger charge is -2.49. The fourth-order valence-corrected chi connectivity index (χ4v) is 5.31. The zero-order valence-corrected chi connectivity index (χ0v) is 20.7. The summed E-state index contributed by atoms with van der Waals surface area (Å²) in [6.07, 6.45) is -2.70. The summed E-state index contributed by atoms with van der Waals surface area (Å²) in [5.41, 5.74) is -0.394. The van der Waals surface area contributed by atoms with Crippen molar-refractivity contribution in [2.75, 3.05) is 49.6 Å². The SMILES string of the molecule is CC1(C)C(O)CC1Nc1nc(N2CC(N3CCOCC3)C2)c2cnn(-c3cccc(C(F)(F)F)c3)c2n1. The third kappa shape index (κ3) is 4.30. The molecule has 2 aliphatic heterocycles. The molecule has 37 heavy (non-hydrogen) atoms. The maximum atomic E-state index is 13.4. The van der Waals surface area contributed by atoms with Crippen LogP contribution in [0.5, 0.6) is 0 Å². The quantitative estimate of drug-likeness (QED) is 0.534. The van der Waals surface area contributed by atoms with Crippen molar-refractivity contribution >= 4 is 22.8 Å². The number of hydrogen-bond donors (Lipinski definition) is 2. The van der Waals surface area contributed by atoms with Gasteiger partial charge in [-0.05, 0) is 24.6 Å². The maximum absolute atomic E-state index is 13.4. The molecule has 12 heteroatoms. The molecule has 0 bridgehead atoms. The van der Waals surface area contributed by atoms with E-state index in [1.165, 1.54) is 10.7 Å². The van der Waals surface area contributed by atoms with Crippen LogP contribution in [0.15, 0.2) is 30.5 Å². The average Bonchev–Trinajstić information content (AvgIpc) is 3.27. The number of aliphatic hydroxyl groups is 1. The first-order chi connectivity index (χ1) is 17.6. The molecular formula is C25H30F3N7O2. The summed E-state index contributed by atoms with van der Waals surface area (Å²) in [6.45, 7) is 8.79. The van der Waals surface area contributed by atoms with E-state index in [1.807, 2.05) is 13.8 Å². The van der Waals surface area contributed by atoms with E-state index in [4.69, 9.17) is 9.72 Å². The molecule has 198 valence electrons. The molecule has 2 unspecified atom stereocenters. The number of morpholine rings is 1. The lowest BCUT2D eigenvalue weighted by atomic mass is 9.65. The number of hydrogen-bond acceptors (Lipinski definition) is 8. The molecule has 9 nitrogen and oxygen atoms in total. The van der Waals surface area contributed by atoms with Gasteiger partial charge in [-0.1, -0.05) is 19.9 Å². The second-order valence-electron chi connectivity index (χ2n) is 10.7. The van der Waals surface area contributed by atoms with Gasteiger partial charge in [-0.2, -0.15) is 28.2 Å². The Morgan fingerprint density at radius 2 is 1.89 bits per heavy atom. The number of anilines is 2. The number of rotatable bonds is 5. The predicted octanol–water partition coefficient (Wildman–Crippen LogP) is 2.93. The number of ether oxygens (including phenoxy) is 1. The first-order valence-corrected chi connectivity index (χ1v) is 12.6. The summed E-state index contributed by atoms with van der Waals surface area (Å²) >= 11 is 0. The fourth-order valence-electron chi connectivity index (χ4n) is 5.31. The molecule has 1 saturated carbocycles. The summed E-state index contributed by atoms with van der Waals surface area (Å²) in [4.78, 5) is 14.1. The van der Waals surface area contributed by atoms with Crippen LogP contribution in [0.1, 0.15) is 25.8 Å². The van der Waals surface area contributed by atoms with Crippen LogP contribution in [-0.4, -0.2) is 87.3 Å². The lowest BCUT2D eigenvalue weighted by molar-refractivity contribution is -0.137. The van der Waals surface area contributed by atoms with Crippen LogP contribution in [0.3, 0.4) is 0 Å². The van der Waals surface area contributed by atoms with E-state index in [9.17, 15) is 18.3 Å². The number of halogens is 3. The molecule has 1 aromatic carbocycles. The van der Waals surface area contributed by atoms with Crippen molar-refractivity contribution in [1.82, 2.24) is 24.6 Å². The summed E-state index contributed by atoms with van der Waals surface area (Å²) in [7, 11) is 0. The molecule has 2 aromatic heterocycles. The fraction of sp³-hybridized carbons (Fsp3) is 0.560. The van der Waals surface area contributed by atoms with Crippen molar-refractivity contribution in [3.63, 3.8) is 0 Å². The Kier molecular flexibility index (Phi) is 5.81. The number of fused-ring (bicyclic) bond motifs is 1. The number of alkyl halides is 3. The zero-order valence-electron chi connectivity index (χ0n) is 20.7. The molecule has 2 atom stereocenters. The van der Waals surface area contributed by atoms with Crippen LogP contribution in [0, 0.1) is 5.41 Å². The standard InChI is InChI=1S/C25H30F3N7O2/c1-24(2)19(11-20(24)36)30-23-31-21(34-13-17(14-34)33-6-8-37-9-7-33)18-12-29-35(22(18)32-23)16-5-3-4-15(10-16)25(26,27)28/h3-5,10,12,17,19-20,36H,6-9,11,13-14H2,1-2H3,(H,30,31,32).